The number of nitrogens with zero attached hydrogens (tertiary/aromatic N) is 2. The molecule has 1 aromatic carbocycles. The van der Waals surface area contributed by atoms with Crippen molar-refractivity contribution in [2.45, 2.75) is 26.2 Å². The number of nitrogens with one attached hydrogen (secondary N) is 1. The van der Waals surface area contributed by atoms with Gasteiger partial charge in [0.15, 0.2) is 0 Å². The van der Waals surface area contributed by atoms with Gasteiger partial charge in [-0.3, -0.25) is 0 Å². The first kappa shape index (κ1) is 13.4. The molecule has 0 amide bonds. The van der Waals surface area contributed by atoms with Gasteiger partial charge in [0.25, 0.3) is 0 Å². The molecule has 0 saturated heterocycles. The molecule has 100 valence electrons. The Morgan fingerprint density at radius 1 is 1.21 bits per heavy atom. The molecule has 2 rings (SSSR count). The van der Waals surface area contributed by atoms with Crippen LogP contribution in [-0.4, -0.2) is 9.97 Å². The molecule has 0 atom stereocenters. The van der Waals surface area contributed by atoms with Crippen LogP contribution in [-0.2, 0) is 6.42 Å². The number of hydrogen-bond acceptors (Lipinski definition) is 4. The third-order valence-electron chi connectivity index (χ3n) is 2.81. The Balaban J connectivity index is 2.28. The van der Waals surface area contributed by atoms with E-state index >= 15 is 0 Å². The Morgan fingerprint density at radius 2 is 1.89 bits per heavy atom. The van der Waals surface area contributed by atoms with Crippen LogP contribution in [0.4, 0.5) is 10.2 Å². The first-order valence-electron chi connectivity index (χ1n) is 6.17. The SMILES string of the molecule is CC(C)c1cc(NN)nc(Cc2ccc(F)cc2)n1. The summed E-state index contributed by atoms with van der Waals surface area (Å²) in [4.78, 5) is 8.81. The maximum atomic E-state index is 12.9. The summed E-state index contributed by atoms with van der Waals surface area (Å²) in [5.74, 6) is 6.72. The molecule has 0 radical (unpaired) electrons. The Morgan fingerprint density at radius 3 is 2.47 bits per heavy atom. The van der Waals surface area contributed by atoms with Crippen LogP contribution in [0, 0.1) is 5.82 Å². The standard InChI is InChI=1S/C14H17FN4/c1-9(2)12-8-14(19-16)18-13(17-12)7-10-3-5-11(15)6-4-10/h3-6,8-9H,7,16H2,1-2H3,(H,17,18,19). The van der Waals surface area contributed by atoms with E-state index in [0.29, 0.717) is 24.0 Å². The Hall–Kier alpha value is -2.01. The van der Waals surface area contributed by atoms with Crippen LogP contribution in [0.2, 0.25) is 0 Å². The van der Waals surface area contributed by atoms with Gasteiger partial charge in [0.05, 0.1) is 0 Å². The van der Waals surface area contributed by atoms with Gasteiger partial charge in [-0.05, 0) is 23.6 Å². The van der Waals surface area contributed by atoms with Crippen LogP contribution in [0.25, 0.3) is 0 Å². The number of halogens is 1. The van der Waals surface area contributed by atoms with Crippen molar-refractivity contribution in [1.82, 2.24) is 9.97 Å². The van der Waals surface area contributed by atoms with Gasteiger partial charge in [0.1, 0.15) is 17.5 Å². The van der Waals surface area contributed by atoms with E-state index in [9.17, 15) is 4.39 Å². The summed E-state index contributed by atoms with van der Waals surface area (Å²) >= 11 is 0. The maximum absolute atomic E-state index is 12.9. The highest BCUT2D eigenvalue weighted by molar-refractivity contribution is 5.36. The molecular weight excluding hydrogens is 243 g/mol. The summed E-state index contributed by atoms with van der Waals surface area (Å²) in [6, 6.07) is 8.17. The molecular formula is C14H17FN4. The number of benzene rings is 1. The average Bonchev–Trinajstić information content (AvgIpc) is 2.41. The summed E-state index contributed by atoms with van der Waals surface area (Å²) in [5.41, 5.74) is 4.44. The van der Waals surface area contributed by atoms with E-state index in [4.69, 9.17) is 5.84 Å². The van der Waals surface area contributed by atoms with Gasteiger partial charge >= 0.3 is 0 Å². The molecule has 0 unspecified atom stereocenters. The second-order valence-electron chi connectivity index (χ2n) is 4.70. The zero-order valence-corrected chi connectivity index (χ0v) is 11.0. The van der Waals surface area contributed by atoms with E-state index in [1.807, 2.05) is 6.07 Å². The number of anilines is 1. The zero-order chi connectivity index (χ0) is 13.8. The maximum Gasteiger partial charge on any atom is 0.143 e. The van der Waals surface area contributed by atoms with Crippen molar-refractivity contribution in [3.05, 3.63) is 53.2 Å². The summed E-state index contributed by atoms with van der Waals surface area (Å²) < 4.78 is 12.9. The van der Waals surface area contributed by atoms with Crippen LogP contribution in [0.3, 0.4) is 0 Å². The second-order valence-corrected chi connectivity index (χ2v) is 4.70. The highest BCUT2D eigenvalue weighted by atomic mass is 19.1. The molecule has 0 bridgehead atoms. The molecule has 19 heavy (non-hydrogen) atoms. The number of nitrogen functional groups attached to an aromatic ring is 1. The minimum atomic E-state index is -0.245. The van der Waals surface area contributed by atoms with E-state index < -0.39 is 0 Å². The lowest BCUT2D eigenvalue weighted by atomic mass is 10.1. The number of aromatic nitrogens is 2. The van der Waals surface area contributed by atoms with Crippen molar-refractivity contribution in [3.63, 3.8) is 0 Å². The number of hydrazine groups is 1. The Bertz CT molecular complexity index is 552. The van der Waals surface area contributed by atoms with Crippen LogP contribution in [0.1, 0.15) is 36.8 Å². The van der Waals surface area contributed by atoms with Gasteiger partial charge in [-0.2, -0.15) is 0 Å². The van der Waals surface area contributed by atoms with Crippen molar-refractivity contribution < 1.29 is 4.39 Å². The molecule has 4 nitrogen and oxygen atoms in total. The molecule has 1 heterocycles. The van der Waals surface area contributed by atoms with Gasteiger partial charge in [-0.15, -0.1) is 0 Å². The molecule has 1 aromatic heterocycles. The third-order valence-corrected chi connectivity index (χ3v) is 2.81. The number of hydrogen-bond donors (Lipinski definition) is 2. The predicted molar refractivity (Wildman–Crippen MR) is 73.1 cm³/mol. The van der Waals surface area contributed by atoms with Crippen molar-refractivity contribution in [2.24, 2.45) is 5.84 Å². The molecule has 5 heteroatoms. The normalized spacial score (nSPS) is 10.8. The van der Waals surface area contributed by atoms with E-state index in [-0.39, 0.29) is 5.82 Å². The highest BCUT2D eigenvalue weighted by Crippen LogP contribution is 2.16. The number of nitrogens with two attached hydrogens (primary N) is 1. The summed E-state index contributed by atoms with van der Waals surface area (Å²) in [6.45, 7) is 4.12. The second kappa shape index (κ2) is 5.75. The molecule has 0 aliphatic rings. The van der Waals surface area contributed by atoms with Gasteiger partial charge < -0.3 is 5.43 Å². The molecule has 3 N–H and O–H groups in total. The first-order chi connectivity index (χ1) is 9.08. The number of rotatable bonds is 4. The third kappa shape index (κ3) is 3.48. The zero-order valence-electron chi connectivity index (χ0n) is 11.0. The van der Waals surface area contributed by atoms with Crippen molar-refractivity contribution in [1.29, 1.82) is 0 Å². The largest absolute Gasteiger partial charge is 0.308 e. The highest BCUT2D eigenvalue weighted by Gasteiger charge is 2.08. The minimum Gasteiger partial charge on any atom is -0.308 e. The van der Waals surface area contributed by atoms with Crippen LogP contribution < -0.4 is 11.3 Å². The fraction of sp³-hybridized carbons (Fsp3) is 0.286. The van der Waals surface area contributed by atoms with E-state index in [1.54, 1.807) is 12.1 Å². The fourth-order valence-corrected chi connectivity index (χ4v) is 1.75. The van der Waals surface area contributed by atoms with Gasteiger partial charge in [0.2, 0.25) is 0 Å². The van der Waals surface area contributed by atoms with Gasteiger partial charge in [0, 0.05) is 18.2 Å². The lowest BCUT2D eigenvalue weighted by Crippen LogP contribution is -2.12. The molecule has 2 aromatic rings. The van der Waals surface area contributed by atoms with Crippen LogP contribution >= 0.6 is 0 Å². The van der Waals surface area contributed by atoms with Crippen molar-refractivity contribution in [3.8, 4) is 0 Å². The summed E-state index contributed by atoms with van der Waals surface area (Å²) in [6.07, 6.45) is 0.551. The Labute approximate surface area is 111 Å². The topological polar surface area (TPSA) is 63.8 Å². The van der Waals surface area contributed by atoms with Crippen LogP contribution in [0.15, 0.2) is 30.3 Å². The molecule has 0 aliphatic carbocycles. The van der Waals surface area contributed by atoms with Crippen molar-refractivity contribution >= 4 is 5.82 Å². The van der Waals surface area contributed by atoms with Gasteiger partial charge in [-0.1, -0.05) is 26.0 Å². The summed E-state index contributed by atoms with van der Waals surface area (Å²) in [5, 5.41) is 0. The quantitative estimate of drug-likeness (QED) is 0.655. The lowest BCUT2D eigenvalue weighted by Gasteiger charge is -2.10. The monoisotopic (exact) mass is 260 g/mol. The lowest BCUT2D eigenvalue weighted by molar-refractivity contribution is 0.627. The van der Waals surface area contributed by atoms with E-state index in [2.05, 4.69) is 29.2 Å². The smallest absolute Gasteiger partial charge is 0.143 e. The fourth-order valence-electron chi connectivity index (χ4n) is 1.75. The average molecular weight is 260 g/mol. The van der Waals surface area contributed by atoms with E-state index in [0.717, 1.165) is 11.3 Å². The summed E-state index contributed by atoms with van der Waals surface area (Å²) in [7, 11) is 0. The first-order valence-corrected chi connectivity index (χ1v) is 6.17. The van der Waals surface area contributed by atoms with Crippen LogP contribution in [0.5, 0.6) is 0 Å². The molecule has 0 fully saturated rings. The van der Waals surface area contributed by atoms with Crippen molar-refractivity contribution in [2.75, 3.05) is 5.43 Å². The van der Waals surface area contributed by atoms with Gasteiger partial charge in [-0.25, -0.2) is 20.2 Å². The predicted octanol–water partition coefficient (Wildman–Crippen LogP) is 2.62. The molecule has 0 saturated carbocycles. The molecule has 0 aliphatic heterocycles. The van der Waals surface area contributed by atoms with E-state index in [1.165, 1.54) is 12.1 Å². The Kier molecular flexibility index (Phi) is 4.06. The molecule has 0 spiro atoms. The minimum absolute atomic E-state index is 0.245.